The van der Waals surface area contributed by atoms with Gasteiger partial charge in [-0.1, -0.05) is 66.7 Å². The summed E-state index contributed by atoms with van der Waals surface area (Å²) >= 11 is 0. The summed E-state index contributed by atoms with van der Waals surface area (Å²) in [5.74, 6) is -0.0344. The van der Waals surface area contributed by atoms with Gasteiger partial charge in [-0.3, -0.25) is 4.79 Å². The molecule has 0 fully saturated rings. The zero-order valence-electron chi connectivity index (χ0n) is 16.9. The summed E-state index contributed by atoms with van der Waals surface area (Å²) in [5.41, 5.74) is 4.86. The van der Waals surface area contributed by atoms with Crippen LogP contribution in [0.1, 0.15) is 5.56 Å². The van der Waals surface area contributed by atoms with Gasteiger partial charge in [0.2, 0.25) is 5.91 Å². The highest BCUT2D eigenvalue weighted by molar-refractivity contribution is 5.81. The first-order valence-corrected chi connectivity index (χ1v) is 9.93. The van der Waals surface area contributed by atoms with Crippen LogP contribution in [-0.2, 0) is 11.3 Å². The van der Waals surface area contributed by atoms with Crippen LogP contribution >= 0.6 is 0 Å². The van der Waals surface area contributed by atoms with Gasteiger partial charge in [-0.2, -0.15) is 5.10 Å². The van der Waals surface area contributed by atoms with Gasteiger partial charge in [0.25, 0.3) is 0 Å². The molecule has 1 heterocycles. The molecule has 5 heteroatoms. The van der Waals surface area contributed by atoms with Crippen LogP contribution in [-0.4, -0.2) is 29.3 Å². The number of para-hydroxylation sites is 2. The van der Waals surface area contributed by atoms with Crippen LogP contribution in [0.2, 0.25) is 0 Å². The number of carbonyl (C=O) groups is 1. The van der Waals surface area contributed by atoms with Crippen LogP contribution < -0.4 is 10.2 Å². The third kappa shape index (κ3) is 4.58. The number of anilines is 1. The largest absolute Gasteiger partial charge is 0.365 e. The molecule has 4 aromatic rings. The molecule has 0 aliphatic carbocycles. The van der Waals surface area contributed by atoms with Gasteiger partial charge in [0.1, 0.15) is 0 Å². The quantitative estimate of drug-likeness (QED) is 0.507. The summed E-state index contributed by atoms with van der Waals surface area (Å²) in [5, 5.41) is 7.83. The molecule has 150 valence electrons. The Balaban J connectivity index is 1.51. The molecule has 0 unspecified atom stereocenters. The molecular formula is C25H24N4O. The van der Waals surface area contributed by atoms with Crippen molar-refractivity contribution in [2.24, 2.45) is 0 Å². The van der Waals surface area contributed by atoms with Crippen molar-refractivity contribution in [3.8, 4) is 16.9 Å². The standard InChI is InChI=1S/C25H24N4O/c1-28(22-13-7-3-8-14-22)19-24(30)26-17-21-18-29(23-15-9-4-10-16-23)27-25(21)20-11-5-2-6-12-20/h2-16,18H,17,19H2,1H3,(H,26,30). The van der Waals surface area contributed by atoms with E-state index >= 15 is 0 Å². The minimum absolute atomic E-state index is 0.0344. The zero-order valence-corrected chi connectivity index (χ0v) is 16.9. The second-order valence-electron chi connectivity index (χ2n) is 7.12. The van der Waals surface area contributed by atoms with Crippen molar-refractivity contribution in [1.29, 1.82) is 0 Å². The van der Waals surface area contributed by atoms with Crippen LogP contribution in [0.25, 0.3) is 16.9 Å². The highest BCUT2D eigenvalue weighted by Gasteiger charge is 2.14. The average molecular weight is 396 g/mol. The molecule has 0 bridgehead atoms. The normalized spacial score (nSPS) is 10.6. The summed E-state index contributed by atoms with van der Waals surface area (Å²) < 4.78 is 1.86. The Bertz CT molecular complexity index is 1090. The lowest BCUT2D eigenvalue weighted by Crippen LogP contribution is -2.34. The van der Waals surface area contributed by atoms with E-state index in [9.17, 15) is 4.79 Å². The Labute approximate surface area is 176 Å². The van der Waals surface area contributed by atoms with E-state index in [0.29, 0.717) is 6.54 Å². The lowest BCUT2D eigenvalue weighted by molar-refractivity contribution is -0.119. The topological polar surface area (TPSA) is 50.2 Å². The first kappa shape index (κ1) is 19.5. The van der Waals surface area contributed by atoms with Crippen molar-refractivity contribution in [3.63, 3.8) is 0 Å². The SMILES string of the molecule is CN(CC(=O)NCc1cn(-c2ccccc2)nc1-c1ccccc1)c1ccccc1. The first-order chi connectivity index (χ1) is 14.7. The Morgan fingerprint density at radius 3 is 2.17 bits per heavy atom. The van der Waals surface area contributed by atoms with E-state index in [0.717, 1.165) is 28.2 Å². The van der Waals surface area contributed by atoms with Gasteiger partial charge < -0.3 is 10.2 Å². The van der Waals surface area contributed by atoms with Gasteiger partial charge >= 0.3 is 0 Å². The van der Waals surface area contributed by atoms with Crippen molar-refractivity contribution in [1.82, 2.24) is 15.1 Å². The van der Waals surface area contributed by atoms with E-state index in [2.05, 4.69) is 5.32 Å². The van der Waals surface area contributed by atoms with Gasteiger partial charge in [0.05, 0.1) is 17.9 Å². The first-order valence-electron chi connectivity index (χ1n) is 9.93. The highest BCUT2D eigenvalue weighted by atomic mass is 16.2. The number of aromatic nitrogens is 2. The third-order valence-electron chi connectivity index (χ3n) is 4.91. The van der Waals surface area contributed by atoms with E-state index in [1.165, 1.54) is 0 Å². The molecule has 1 amide bonds. The molecule has 3 aromatic carbocycles. The Morgan fingerprint density at radius 2 is 1.50 bits per heavy atom. The Morgan fingerprint density at radius 1 is 0.900 bits per heavy atom. The van der Waals surface area contributed by atoms with Crippen LogP contribution in [0.3, 0.4) is 0 Å². The number of amides is 1. The minimum Gasteiger partial charge on any atom is -0.365 e. The molecule has 0 aliphatic heterocycles. The summed E-state index contributed by atoms with van der Waals surface area (Å²) in [6.07, 6.45) is 1.98. The van der Waals surface area contributed by atoms with Crippen LogP contribution in [0.4, 0.5) is 5.69 Å². The van der Waals surface area contributed by atoms with Crippen LogP contribution in [0.5, 0.6) is 0 Å². The monoisotopic (exact) mass is 396 g/mol. The summed E-state index contributed by atoms with van der Waals surface area (Å²) in [6.45, 7) is 0.704. The van der Waals surface area contributed by atoms with Gasteiger partial charge in [0.15, 0.2) is 0 Å². The van der Waals surface area contributed by atoms with Gasteiger partial charge in [0, 0.05) is 36.6 Å². The number of nitrogens with zero attached hydrogens (tertiary/aromatic N) is 3. The average Bonchev–Trinajstić information content (AvgIpc) is 3.24. The minimum atomic E-state index is -0.0344. The van der Waals surface area contributed by atoms with Gasteiger partial charge in [-0.05, 0) is 24.3 Å². The smallest absolute Gasteiger partial charge is 0.239 e. The lowest BCUT2D eigenvalue weighted by atomic mass is 10.1. The van der Waals surface area contributed by atoms with Crippen LogP contribution in [0, 0.1) is 0 Å². The second-order valence-corrected chi connectivity index (χ2v) is 7.12. The lowest BCUT2D eigenvalue weighted by Gasteiger charge is -2.18. The maximum atomic E-state index is 12.5. The zero-order chi connectivity index (χ0) is 20.8. The van der Waals surface area contributed by atoms with Crippen molar-refractivity contribution in [2.75, 3.05) is 18.5 Å². The van der Waals surface area contributed by atoms with Crippen molar-refractivity contribution < 1.29 is 4.79 Å². The summed E-state index contributed by atoms with van der Waals surface area (Å²) in [7, 11) is 1.91. The molecule has 0 saturated carbocycles. The molecule has 4 rings (SSSR count). The fourth-order valence-corrected chi connectivity index (χ4v) is 3.33. The van der Waals surface area contributed by atoms with Crippen molar-refractivity contribution in [3.05, 3.63) is 103 Å². The number of hydrogen-bond donors (Lipinski definition) is 1. The highest BCUT2D eigenvalue weighted by Crippen LogP contribution is 2.23. The predicted molar refractivity (Wildman–Crippen MR) is 121 cm³/mol. The number of benzene rings is 3. The van der Waals surface area contributed by atoms with E-state index in [1.54, 1.807) is 0 Å². The summed E-state index contributed by atoms with van der Waals surface area (Å²) in [6, 6.07) is 29.9. The number of carbonyl (C=O) groups excluding carboxylic acids is 1. The van der Waals surface area contributed by atoms with Crippen LogP contribution in [0.15, 0.2) is 97.2 Å². The van der Waals surface area contributed by atoms with E-state index in [-0.39, 0.29) is 12.5 Å². The van der Waals surface area contributed by atoms with Crippen molar-refractivity contribution in [2.45, 2.75) is 6.54 Å². The Kier molecular flexibility index (Phi) is 5.90. The molecule has 1 aromatic heterocycles. The fourth-order valence-electron chi connectivity index (χ4n) is 3.33. The number of rotatable bonds is 7. The Hall–Kier alpha value is -3.86. The fraction of sp³-hybridized carbons (Fsp3) is 0.120. The molecular weight excluding hydrogens is 372 g/mol. The number of hydrogen-bond acceptors (Lipinski definition) is 3. The van der Waals surface area contributed by atoms with Gasteiger partial charge in [-0.15, -0.1) is 0 Å². The van der Waals surface area contributed by atoms with Gasteiger partial charge in [-0.25, -0.2) is 4.68 Å². The van der Waals surface area contributed by atoms with Crippen molar-refractivity contribution >= 4 is 11.6 Å². The second kappa shape index (κ2) is 9.09. The predicted octanol–water partition coefficient (Wildman–Crippen LogP) is 4.29. The molecule has 1 N–H and O–H groups in total. The van der Waals surface area contributed by atoms with E-state index < -0.39 is 0 Å². The molecule has 0 aliphatic rings. The third-order valence-corrected chi connectivity index (χ3v) is 4.91. The van der Waals surface area contributed by atoms with E-state index in [4.69, 9.17) is 5.10 Å². The molecule has 0 radical (unpaired) electrons. The molecule has 5 nitrogen and oxygen atoms in total. The van der Waals surface area contributed by atoms with E-state index in [1.807, 2.05) is 114 Å². The number of nitrogens with one attached hydrogen (secondary N) is 1. The summed E-state index contributed by atoms with van der Waals surface area (Å²) in [4.78, 5) is 14.5. The maximum Gasteiger partial charge on any atom is 0.239 e. The molecule has 0 atom stereocenters. The molecule has 0 saturated heterocycles. The number of likely N-dealkylation sites (N-methyl/N-ethyl adjacent to an activating group) is 1. The molecule has 30 heavy (non-hydrogen) atoms. The molecule has 0 spiro atoms. The maximum absolute atomic E-state index is 12.5.